The van der Waals surface area contributed by atoms with Crippen molar-refractivity contribution < 1.29 is 19.1 Å². The van der Waals surface area contributed by atoms with Gasteiger partial charge in [-0.3, -0.25) is 4.57 Å². The number of hydrogen-bond donors (Lipinski definition) is 3. The summed E-state index contributed by atoms with van der Waals surface area (Å²) in [5.41, 5.74) is 1.38. The zero-order valence-corrected chi connectivity index (χ0v) is 12.8. The monoisotopic (exact) mass is 327 g/mol. The van der Waals surface area contributed by atoms with Gasteiger partial charge in [-0.25, -0.2) is 15.0 Å². The van der Waals surface area contributed by atoms with E-state index in [2.05, 4.69) is 20.3 Å². The topological polar surface area (TPSA) is 122 Å². The Balaban J connectivity index is 1.66. The maximum absolute atomic E-state index is 10.7. The van der Waals surface area contributed by atoms with Gasteiger partial charge >= 0.3 is 7.60 Å². The zero-order valence-electron chi connectivity index (χ0n) is 11.9. The fraction of sp³-hybridized carbons (Fsp3) is 0.583. The molecule has 0 unspecified atom stereocenters. The lowest BCUT2D eigenvalue weighted by Gasteiger charge is -2.26. The minimum absolute atomic E-state index is 0.173. The molecule has 1 aliphatic carbocycles. The molecule has 0 radical (unpaired) electrons. The van der Waals surface area contributed by atoms with Crippen LogP contribution in [0.3, 0.4) is 0 Å². The molecule has 0 aromatic carbocycles. The van der Waals surface area contributed by atoms with E-state index in [4.69, 9.17) is 14.5 Å². The van der Waals surface area contributed by atoms with Gasteiger partial charge in [0.1, 0.15) is 18.2 Å². The van der Waals surface area contributed by atoms with E-state index < -0.39 is 13.9 Å². The lowest BCUT2D eigenvalue weighted by atomic mass is 9.93. The second kappa shape index (κ2) is 6.29. The van der Waals surface area contributed by atoms with Crippen molar-refractivity contribution in [1.82, 2.24) is 19.5 Å². The number of rotatable bonds is 7. The standard InChI is InChI=1S/C12H18N5O4P/c18-22(19,20)8-21-5-4-17-7-15-10-11(13-6-14-12(10)17)16-9-2-1-3-9/h6-7,9H,1-5,8H2,(H,13,14,16)(H2,18,19,20). The van der Waals surface area contributed by atoms with Crippen LogP contribution in [0.25, 0.3) is 11.2 Å². The van der Waals surface area contributed by atoms with E-state index in [1.165, 1.54) is 12.7 Å². The Morgan fingerprint density at radius 2 is 2.18 bits per heavy atom. The SMILES string of the molecule is O=P(O)(O)COCCn1cnc2c(NC3CCC3)ncnc21. The Hall–Kier alpha value is -1.54. The average Bonchev–Trinajstić information content (AvgIpc) is 2.82. The second-order valence-corrected chi connectivity index (χ2v) is 6.89. The Morgan fingerprint density at radius 3 is 2.86 bits per heavy atom. The van der Waals surface area contributed by atoms with Gasteiger partial charge in [0.15, 0.2) is 11.5 Å². The van der Waals surface area contributed by atoms with Crippen molar-refractivity contribution in [1.29, 1.82) is 0 Å². The first-order valence-electron chi connectivity index (χ1n) is 7.07. The highest BCUT2D eigenvalue weighted by molar-refractivity contribution is 7.51. The molecule has 9 nitrogen and oxygen atoms in total. The molecule has 120 valence electrons. The third-order valence-electron chi connectivity index (χ3n) is 3.58. The number of ether oxygens (including phenoxy) is 1. The molecule has 0 aliphatic heterocycles. The summed E-state index contributed by atoms with van der Waals surface area (Å²) in [4.78, 5) is 30.3. The van der Waals surface area contributed by atoms with Crippen molar-refractivity contribution in [2.75, 3.05) is 18.3 Å². The molecule has 0 atom stereocenters. The summed E-state index contributed by atoms with van der Waals surface area (Å²) in [7, 11) is -4.12. The van der Waals surface area contributed by atoms with E-state index in [0.717, 1.165) is 18.7 Å². The molecule has 0 spiro atoms. The average molecular weight is 327 g/mol. The van der Waals surface area contributed by atoms with Crippen LogP contribution in [0.4, 0.5) is 5.82 Å². The number of nitrogens with one attached hydrogen (secondary N) is 1. The predicted octanol–water partition coefficient (Wildman–Crippen LogP) is 0.942. The molecule has 2 heterocycles. The van der Waals surface area contributed by atoms with Crippen LogP contribution in [-0.4, -0.2) is 48.3 Å². The first-order chi connectivity index (χ1) is 10.5. The number of hydrogen-bond acceptors (Lipinski definition) is 6. The summed E-state index contributed by atoms with van der Waals surface area (Å²) < 4.78 is 17.5. The van der Waals surface area contributed by atoms with Crippen molar-refractivity contribution in [2.45, 2.75) is 31.8 Å². The highest BCUT2D eigenvalue weighted by atomic mass is 31.2. The van der Waals surface area contributed by atoms with Crippen LogP contribution in [0.2, 0.25) is 0 Å². The first-order valence-corrected chi connectivity index (χ1v) is 8.87. The predicted molar refractivity (Wildman–Crippen MR) is 79.4 cm³/mol. The van der Waals surface area contributed by atoms with Gasteiger partial charge in [-0.15, -0.1) is 0 Å². The summed E-state index contributed by atoms with van der Waals surface area (Å²) in [6.07, 6.45) is 6.05. The quantitative estimate of drug-likeness (QED) is 0.507. The van der Waals surface area contributed by atoms with Crippen molar-refractivity contribution in [3.05, 3.63) is 12.7 Å². The third-order valence-corrected chi connectivity index (χ3v) is 4.10. The molecule has 22 heavy (non-hydrogen) atoms. The maximum atomic E-state index is 10.7. The van der Waals surface area contributed by atoms with Crippen LogP contribution < -0.4 is 5.32 Å². The molecule has 1 saturated carbocycles. The van der Waals surface area contributed by atoms with E-state index in [0.29, 0.717) is 23.8 Å². The number of fused-ring (bicyclic) bond motifs is 1. The second-order valence-electron chi connectivity index (χ2n) is 5.31. The van der Waals surface area contributed by atoms with Crippen LogP contribution in [0, 0.1) is 0 Å². The van der Waals surface area contributed by atoms with Crippen molar-refractivity contribution in [2.24, 2.45) is 0 Å². The van der Waals surface area contributed by atoms with Gasteiger partial charge in [0, 0.05) is 12.6 Å². The highest BCUT2D eigenvalue weighted by Gasteiger charge is 2.20. The van der Waals surface area contributed by atoms with Crippen LogP contribution in [0.15, 0.2) is 12.7 Å². The van der Waals surface area contributed by atoms with E-state index in [9.17, 15) is 4.57 Å². The van der Waals surface area contributed by atoms with Crippen molar-refractivity contribution in [3.63, 3.8) is 0 Å². The Kier molecular flexibility index (Phi) is 4.39. The maximum Gasteiger partial charge on any atom is 0.350 e. The highest BCUT2D eigenvalue weighted by Crippen LogP contribution is 2.33. The molecule has 1 aliphatic rings. The number of nitrogens with zero attached hydrogens (tertiary/aromatic N) is 4. The van der Waals surface area contributed by atoms with Crippen molar-refractivity contribution >= 4 is 24.6 Å². The van der Waals surface area contributed by atoms with Gasteiger partial charge in [0.25, 0.3) is 0 Å². The van der Waals surface area contributed by atoms with Gasteiger partial charge in [-0.1, -0.05) is 0 Å². The number of anilines is 1. The van der Waals surface area contributed by atoms with Gasteiger partial charge in [-0.2, -0.15) is 0 Å². The smallest absolute Gasteiger partial charge is 0.350 e. The minimum Gasteiger partial charge on any atom is -0.367 e. The normalized spacial score (nSPS) is 15.9. The molecule has 10 heteroatoms. The molecule has 0 bridgehead atoms. The zero-order chi connectivity index (χ0) is 15.6. The first kappa shape index (κ1) is 15.4. The Bertz CT molecular complexity index is 696. The molecule has 0 amide bonds. The number of imidazole rings is 1. The molecule has 0 saturated heterocycles. The van der Waals surface area contributed by atoms with Crippen LogP contribution >= 0.6 is 7.60 Å². The minimum atomic E-state index is -4.12. The largest absolute Gasteiger partial charge is 0.367 e. The summed E-state index contributed by atoms with van der Waals surface area (Å²) in [6.45, 7) is 0.586. The summed E-state index contributed by atoms with van der Waals surface area (Å²) >= 11 is 0. The fourth-order valence-electron chi connectivity index (χ4n) is 2.24. The third kappa shape index (κ3) is 3.61. The number of aromatic nitrogens is 4. The lowest BCUT2D eigenvalue weighted by molar-refractivity contribution is 0.149. The van der Waals surface area contributed by atoms with E-state index in [1.807, 2.05) is 0 Å². The van der Waals surface area contributed by atoms with E-state index >= 15 is 0 Å². The molecule has 1 fully saturated rings. The Morgan fingerprint density at radius 1 is 1.36 bits per heavy atom. The van der Waals surface area contributed by atoms with E-state index in [1.54, 1.807) is 10.9 Å². The molecule has 2 aromatic rings. The van der Waals surface area contributed by atoms with Crippen LogP contribution in [0.1, 0.15) is 19.3 Å². The Labute approximate surface area is 126 Å². The molecular weight excluding hydrogens is 309 g/mol. The van der Waals surface area contributed by atoms with Gasteiger partial charge in [0.05, 0.1) is 12.9 Å². The van der Waals surface area contributed by atoms with Gasteiger partial charge in [0.2, 0.25) is 0 Å². The molecule has 3 N–H and O–H groups in total. The molecular formula is C12H18N5O4P. The lowest BCUT2D eigenvalue weighted by Crippen LogP contribution is -2.27. The van der Waals surface area contributed by atoms with Crippen LogP contribution in [0.5, 0.6) is 0 Å². The van der Waals surface area contributed by atoms with Crippen LogP contribution in [-0.2, 0) is 15.8 Å². The van der Waals surface area contributed by atoms with E-state index in [-0.39, 0.29) is 6.61 Å². The van der Waals surface area contributed by atoms with Gasteiger partial charge in [-0.05, 0) is 19.3 Å². The fourth-order valence-corrected chi connectivity index (χ4v) is 2.61. The summed E-state index contributed by atoms with van der Waals surface area (Å²) in [6, 6.07) is 0.454. The van der Waals surface area contributed by atoms with Crippen molar-refractivity contribution in [3.8, 4) is 0 Å². The summed E-state index contributed by atoms with van der Waals surface area (Å²) in [5.74, 6) is 0.726. The molecule has 3 rings (SSSR count). The summed E-state index contributed by atoms with van der Waals surface area (Å²) in [5, 5.41) is 3.36. The van der Waals surface area contributed by atoms with Gasteiger partial charge < -0.3 is 24.4 Å². The molecule has 2 aromatic heterocycles.